The SMILES string of the molecule is CCn1ncnc1Cn1cc(C(=O)O)c2ccccc21. The van der Waals surface area contributed by atoms with Crippen LogP contribution in [0.2, 0.25) is 0 Å². The lowest BCUT2D eigenvalue weighted by Gasteiger charge is -2.05. The first-order valence-electron chi connectivity index (χ1n) is 6.38. The predicted molar refractivity (Wildman–Crippen MR) is 73.7 cm³/mol. The molecule has 2 aromatic heterocycles. The average Bonchev–Trinajstić information content (AvgIpc) is 3.04. The van der Waals surface area contributed by atoms with E-state index >= 15 is 0 Å². The second-order valence-corrected chi connectivity index (χ2v) is 4.49. The molecule has 0 spiro atoms. The number of carboxylic acid groups (broad SMARTS) is 1. The zero-order chi connectivity index (χ0) is 14.1. The van der Waals surface area contributed by atoms with Gasteiger partial charge in [-0.15, -0.1) is 0 Å². The lowest BCUT2D eigenvalue weighted by atomic mass is 10.2. The van der Waals surface area contributed by atoms with E-state index < -0.39 is 5.97 Å². The largest absolute Gasteiger partial charge is 0.478 e. The number of carboxylic acids is 1. The summed E-state index contributed by atoms with van der Waals surface area (Å²) < 4.78 is 3.70. The summed E-state index contributed by atoms with van der Waals surface area (Å²) >= 11 is 0. The molecule has 2 heterocycles. The van der Waals surface area contributed by atoms with Gasteiger partial charge in [-0.1, -0.05) is 18.2 Å². The van der Waals surface area contributed by atoms with Gasteiger partial charge in [0.15, 0.2) is 0 Å². The minimum Gasteiger partial charge on any atom is -0.478 e. The first-order chi connectivity index (χ1) is 9.70. The van der Waals surface area contributed by atoms with E-state index in [2.05, 4.69) is 10.1 Å². The number of benzene rings is 1. The molecule has 0 unspecified atom stereocenters. The molecule has 0 aliphatic carbocycles. The van der Waals surface area contributed by atoms with Crippen molar-refractivity contribution in [3.05, 3.63) is 48.2 Å². The molecule has 0 saturated carbocycles. The van der Waals surface area contributed by atoms with Crippen LogP contribution in [0, 0.1) is 0 Å². The maximum atomic E-state index is 11.3. The van der Waals surface area contributed by atoms with Gasteiger partial charge in [0.1, 0.15) is 12.2 Å². The highest BCUT2D eigenvalue weighted by Gasteiger charge is 2.14. The van der Waals surface area contributed by atoms with Gasteiger partial charge < -0.3 is 9.67 Å². The van der Waals surface area contributed by atoms with Crippen LogP contribution in [0.25, 0.3) is 10.9 Å². The Morgan fingerprint density at radius 3 is 2.90 bits per heavy atom. The monoisotopic (exact) mass is 270 g/mol. The number of aryl methyl sites for hydroxylation is 1. The second-order valence-electron chi connectivity index (χ2n) is 4.49. The van der Waals surface area contributed by atoms with Crippen LogP contribution < -0.4 is 0 Å². The summed E-state index contributed by atoms with van der Waals surface area (Å²) in [5.74, 6) is -0.109. The summed E-state index contributed by atoms with van der Waals surface area (Å²) in [5, 5.41) is 14.1. The fourth-order valence-electron chi connectivity index (χ4n) is 2.38. The molecule has 1 aromatic carbocycles. The summed E-state index contributed by atoms with van der Waals surface area (Å²) in [4.78, 5) is 15.5. The third kappa shape index (κ3) is 1.95. The van der Waals surface area contributed by atoms with Crippen molar-refractivity contribution in [3.8, 4) is 0 Å². The summed E-state index contributed by atoms with van der Waals surface area (Å²) in [5.41, 5.74) is 1.19. The zero-order valence-electron chi connectivity index (χ0n) is 11.0. The van der Waals surface area contributed by atoms with Crippen molar-refractivity contribution in [3.63, 3.8) is 0 Å². The number of aromatic carboxylic acids is 1. The van der Waals surface area contributed by atoms with Crippen LogP contribution in [-0.2, 0) is 13.1 Å². The third-order valence-electron chi connectivity index (χ3n) is 3.33. The van der Waals surface area contributed by atoms with E-state index in [-0.39, 0.29) is 0 Å². The Kier molecular flexibility index (Phi) is 2.98. The Morgan fingerprint density at radius 2 is 2.15 bits per heavy atom. The average molecular weight is 270 g/mol. The van der Waals surface area contributed by atoms with Gasteiger partial charge in [-0.05, 0) is 13.0 Å². The predicted octanol–water partition coefficient (Wildman–Crippen LogP) is 2.00. The summed E-state index contributed by atoms with van der Waals surface area (Å²) in [6.07, 6.45) is 3.17. The van der Waals surface area contributed by atoms with Gasteiger partial charge in [0.2, 0.25) is 0 Å². The van der Waals surface area contributed by atoms with E-state index in [4.69, 9.17) is 0 Å². The quantitative estimate of drug-likeness (QED) is 0.787. The zero-order valence-corrected chi connectivity index (χ0v) is 11.0. The van der Waals surface area contributed by atoms with Gasteiger partial charge in [0.25, 0.3) is 0 Å². The second kappa shape index (κ2) is 4.80. The molecule has 3 aromatic rings. The standard InChI is InChI=1S/C14H14N4O2/c1-2-18-13(15-9-16-18)8-17-7-11(14(19)20)10-5-3-4-6-12(10)17/h3-7,9H,2,8H2,1H3,(H,19,20). The number of carbonyl (C=O) groups is 1. The smallest absolute Gasteiger partial charge is 0.337 e. The molecule has 20 heavy (non-hydrogen) atoms. The van der Waals surface area contributed by atoms with Gasteiger partial charge in [0, 0.05) is 23.6 Å². The Bertz CT molecular complexity index is 772. The highest BCUT2D eigenvalue weighted by Crippen LogP contribution is 2.22. The lowest BCUT2D eigenvalue weighted by molar-refractivity contribution is 0.0699. The van der Waals surface area contributed by atoms with Crippen LogP contribution >= 0.6 is 0 Å². The fraction of sp³-hybridized carbons (Fsp3) is 0.214. The Morgan fingerprint density at radius 1 is 1.35 bits per heavy atom. The molecule has 6 heteroatoms. The van der Waals surface area contributed by atoms with E-state index in [1.807, 2.05) is 35.8 Å². The van der Waals surface area contributed by atoms with E-state index in [1.165, 1.54) is 6.33 Å². The number of aromatic nitrogens is 4. The van der Waals surface area contributed by atoms with Gasteiger partial charge in [-0.25, -0.2) is 14.5 Å². The first kappa shape index (κ1) is 12.4. The van der Waals surface area contributed by atoms with E-state index in [0.717, 1.165) is 23.3 Å². The number of hydrogen-bond donors (Lipinski definition) is 1. The molecule has 0 aliphatic heterocycles. The third-order valence-corrected chi connectivity index (χ3v) is 3.33. The van der Waals surface area contributed by atoms with Crippen LogP contribution in [0.1, 0.15) is 23.1 Å². The minimum atomic E-state index is -0.920. The number of para-hydroxylation sites is 1. The number of nitrogens with zero attached hydrogens (tertiary/aromatic N) is 4. The van der Waals surface area contributed by atoms with Crippen molar-refractivity contribution in [2.75, 3.05) is 0 Å². The van der Waals surface area contributed by atoms with Crippen molar-refractivity contribution in [2.24, 2.45) is 0 Å². The van der Waals surface area contributed by atoms with E-state index in [1.54, 1.807) is 10.9 Å². The van der Waals surface area contributed by atoms with Crippen LogP contribution in [0.15, 0.2) is 36.8 Å². The van der Waals surface area contributed by atoms with Crippen molar-refractivity contribution >= 4 is 16.9 Å². The van der Waals surface area contributed by atoms with Crippen molar-refractivity contribution in [1.82, 2.24) is 19.3 Å². The summed E-state index contributed by atoms with van der Waals surface area (Å²) in [7, 11) is 0. The van der Waals surface area contributed by atoms with Gasteiger partial charge >= 0.3 is 5.97 Å². The Hall–Kier alpha value is -2.63. The number of rotatable bonds is 4. The van der Waals surface area contributed by atoms with Gasteiger partial charge in [-0.2, -0.15) is 5.10 Å². The molecular formula is C14H14N4O2. The van der Waals surface area contributed by atoms with Gasteiger partial charge in [-0.3, -0.25) is 0 Å². The van der Waals surface area contributed by atoms with Crippen LogP contribution in [0.5, 0.6) is 0 Å². The molecule has 0 aliphatic rings. The molecule has 0 saturated heterocycles. The molecule has 0 radical (unpaired) electrons. The summed E-state index contributed by atoms with van der Waals surface area (Å²) in [6, 6.07) is 7.47. The summed E-state index contributed by atoms with van der Waals surface area (Å²) in [6.45, 7) is 3.23. The molecule has 6 nitrogen and oxygen atoms in total. The van der Waals surface area contributed by atoms with Crippen molar-refractivity contribution < 1.29 is 9.90 Å². The molecule has 0 bridgehead atoms. The Balaban J connectivity index is 2.10. The Labute approximate surface area is 115 Å². The lowest BCUT2D eigenvalue weighted by Crippen LogP contribution is -2.08. The van der Waals surface area contributed by atoms with Gasteiger partial charge in [0.05, 0.1) is 12.1 Å². The topological polar surface area (TPSA) is 72.9 Å². The molecular weight excluding hydrogens is 256 g/mol. The normalized spacial score (nSPS) is 11.1. The molecule has 0 amide bonds. The highest BCUT2D eigenvalue weighted by atomic mass is 16.4. The molecule has 3 rings (SSSR count). The highest BCUT2D eigenvalue weighted by molar-refractivity contribution is 6.03. The number of hydrogen-bond acceptors (Lipinski definition) is 3. The molecule has 0 fully saturated rings. The van der Waals surface area contributed by atoms with Crippen molar-refractivity contribution in [1.29, 1.82) is 0 Å². The van der Waals surface area contributed by atoms with Crippen LogP contribution in [0.4, 0.5) is 0 Å². The van der Waals surface area contributed by atoms with E-state index in [9.17, 15) is 9.90 Å². The van der Waals surface area contributed by atoms with Crippen molar-refractivity contribution in [2.45, 2.75) is 20.0 Å². The first-order valence-corrected chi connectivity index (χ1v) is 6.38. The fourth-order valence-corrected chi connectivity index (χ4v) is 2.38. The van der Waals surface area contributed by atoms with Crippen LogP contribution in [0.3, 0.4) is 0 Å². The van der Waals surface area contributed by atoms with Crippen LogP contribution in [-0.4, -0.2) is 30.4 Å². The minimum absolute atomic E-state index is 0.308. The molecule has 1 N–H and O–H groups in total. The number of fused-ring (bicyclic) bond motifs is 1. The molecule has 0 atom stereocenters. The van der Waals surface area contributed by atoms with E-state index in [0.29, 0.717) is 12.1 Å². The maximum absolute atomic E-state index is 11.3. The molecule has 102 valence electrons. The maximum Gasteiger partial charge on any atom is 0.337 e.